The van der Waals surface area contributed by atoms with Gasteiger partial charge >= 0.3 is 0 Å². The molecule has 0 bridgehead atoms. The second kappa shape index (κ2) is 6.77. The second-order valence-corrected chi connectivity index (χ2v) is 6.71. The van der Waals surface area contributed by atoms with Gasteiger partial charge in [0.1, 0.15) is 5.54 Å². The molecule has 0 spiro atoms. The van der Waals surface area contributed by atoms with E-state index in [1.165, 1.54) is 0 Å². The zero-order valence-corrected chi connectivity index (χ0v) is 13.8. The van der Waals surface area contributed by atoms with E-state index in [9.17, 15) is 4.79 Å². The Bertz CT molecular complexity index is 500. The molecule has 2 rings (SSSR count). The first-order chi connectivity index (χ1) is 10.3. The van der Waals surface area contributed by atoms with Crippen LogP contribution in [0.4, 0.5) is 0 Å². The van der Waals surface area contributed by atoms with Crippen LogP contribution < -0.4 is 11.1 Å². The Morgan fingerprint density at radius 2 is 2.09 bits per heavy atom. The molecule has 5 heteroatoms. The summed E-state index contributed by atoms with van der Waals surface area (Å²) in [6, 6.07) is 9.46. The van der Waals surface area contributed by atoms with Gasteiger partial charge in [0.15, 0.2) is 0 Å². The van der Waals surface area contributed by atoms with Gasteiger partial charge in [0.25, 0.3) is 0 Å². The van der Waals surface area contributed by atoms with E-state index >= 15 is 0 Å². The van der Waals surface area contributed by atoms with Crippen molar-refractivity contribution in [1.82, 2.24) is 10.2 Å². The summed E-state index contributed by atoms with van der Waals surface area (Å²) in [4.78, 5) is 14.7. The monoisotopic (exact) mass is 305 g/mol. The van der Waals surface area contributed by atoms with Gasteiger partial charge in [-0.05, 0) is 26.3 Å². The van der Waals surface area contributed by atoms with Crippen molar-refractivity contribution in [2.24, 2.45) is 5.73 Å². The van der Waals surface area contributed by atoms with Crippen LogP contribution in [0.1, 0.15) is 26.3 Å². The molecule has 1 heterocycles. The molecule has 1 aliphatic rings. The van der Waals surface area contributed by atoms with Gasteiger partial charge in [0, 0.05) is 26.2 Å². The molecule has 0 radical (unpaired) electrons. The Balaban J connectivity index is 1.83. The molecule has 0 aromatic heterocycles. The number of nitrogens with two attached hydrogens (primary N) is 1. The molecule has 1 amide bonds. The third-order valence-electron chi connectivity index (χ3n) is 4.06. The fourth-order valence-electron chi connectivity index (χ4n) is 2.73. The molecule has 0 saturated carbocycles. The highest BCUT2D eigenvalue weighted by atomic mass is 16.5. The van der Waals surface area contributed by atoms with Gasteiger partial charge in [-0.25, -0.2) is 0 Å². The number of benzene rings is 1. The van der Waals surface area contributed by atoms with Gasteiger partial charge in [0.2, 0.25) is 5.91 Å². The molecule has 0 aliphatic carbocycles. The molecule has 1 fully saturated rings. The van der Waals surface area contributed by atoms with Crippen LogP contribution in [0, 0.1) is 0 Å². The summed E-state index contributed by atoms with van der Waals surface area (Å²) < 4.78 is 5.69. The smallest absolute Gasteiger partial charge is 0.244 e. The van der Waals surface area contributed by atoms with Crippen LogP contribution in [-0.2, 0) is 15.1 Å². The zero-order valence-electron chi connectivity index (χ0n) is 13.8. The predicted molar refractivity (Wildman–Crippen MR) is 87.5 cm³/mol. The minimum absolute atomic E-state index is 0.116. The van der Waals surface area contributed by atoms with Crippen molar-refractivity contribution >= 4 is 5.91 Å². The summed E-state index contributed by atoms with van der Waals surface area (Å²) in [6.45, 7) is 9.83. The maximum atomic E-state index is 12.4. The van der Waals surface area contributed by atoms with Gasteiger partial charge in [-0.15, -0.1) is 0 Å². The summed E-state index contributed by atoms with van der Waals surface area (Å²) in [5.74, 6) is -0.147. The lowest BCUT2D eigenvalue weighted by atomic mass is 9.92. The van der Waals surface area contributed by atoms with Gasteiger partial charge in [-0.1, -0.05) is 30.3 Å². The highest BCUT2D eigenvalue weighted by Crippen LogP contribution is 2.18. The van der Waals surface area contributed by atoms with Crippen LogP contribution in [0.2, 0.25) is 0 Å². The second-order valence-electron chi connectivity index (χ2n) is 6.71. The third kappa shape index (κ3) is 4.29. The number of morpholine rings is 1. The normalized spacial score (nSPS) is 21.1. The molecule has 22 heavy (non-hydrogen) atoms. The van der Waals surface area contributed by atoms with Crippen LogP contribution in [0.3, 0.4) is 0 Å². The molecule has 122 valence electrons. The summed E-state index contributed by atoms with van der Waals surface area (Å²) in [5, 5.41) is 2.95. The summed E-state index contributed by atoms with van der Waals surface area (Å²) >= 11 is 0. The standard InChI is InChI=1S/C17H27N3O2/c1-16(2)13-20(11-12-22-16)10-9-19-15(21)17(3,18)14-7-5-4-6-8-14/h4-8H,9-13,18H2,1-3H3,(H,19,21). The zero-order chi connectivity index (χ0) is 16.2. The first-order valence-electron chi connectivity index (χ1n) is 7.80. The van der Waals surface area contributed by atoms with Crippen LogP contribution in [-0.4, -0.2) is 49.2 Å². The quantitative estimate of drug-likeness (QED) is 0.854. The van der Waals surface area contributed by atoms with Crippen LogP contribution in [0.15, 0.2) is 30.3 Å². The predicted octanol–water partition coefficient (Wildman–Crippen LogP) is 1.09. The minimum Gasteiger partial charge on any atom is -0.373 e. The summed E-state index contributed by atoms with van der Waals surface area (Å²) in [5.41, 5.74) is 5.89. The molecule has 1 unspecified atom stereocenters. The van der Waals surface area contributed by atoms with E-state index in [2.05, 4.69) is 24.1 Å². The first kappa shape index (κ1) is 16.9. The van der Waals surface area contributed by atoms with E-state index in [1.54, 1.807) is 6.92 Å². The lowest BCUT2D eigenvalue weighted by Gasteiger charge is -2.38. The number of hydrogen-bond acceptors (Lipinski definition) is 4. The largest absolute Gasteiger partial charge is 0.373 e. The van der Waals surface area contributed by atoms with Crippen molar-refractivity contribution < 1.29 is 9.53 Å². The Morgan fingerprint density at radius 3 is 2.73 bits per heavy atom. The number of ether oxygens (including phenoxy) is 1. The van der Waals surface area contributed by atoms with Crippen molar-refractivity contribution in [1.29, 1.82) is 0 Å². The molecular weight excluding hydrogens is 278 g/mol. The number of nitrogens with zero attached hydrogens (tertiary/aromatic N) is 1. The maximum Gasteiger partial charge on any atom is 0.244 e. The van der Waals surface area contributed by atoms with Crippen molar-refractivity contribution in [2.75, 3.05) is 32.8 Å². The van der Waals surface area contributed by atoms with Crippen LogP contribution in [0.5, 0.6) is 0 Å². The van der Waals surface area contributed by atoms with E-state index in [0.717, 1.165) is 31.8 Å². The lowest BCUT2D eigenvalue weighted by molar-refractivity contribution is -0.126. The van der Waals surface area contributed by atoms with E-state index in [0.29, 0.717) is 6.54 Å². The molecule has 1 aliphatic heterocycles. The highest BCUT2D eigenvalue weighted by molar-refractivity contribution is 5.86. The molecule has 1 atom stereocenters. The molecule has 1 saturated heterocycles. The fraction of sp³-hybridized carbons (Fsp3) is 0.588. The first-order valence-corrected chi connectivity index (χ1v) is 7.80. The fourth-order valence-corrected chi connectivity index (χ4v) is 2.73. The van der Waals surface area contributed by atoms with E-state index < -0.39 is 5.54 Å². The lowest BCUT2D eigenvalue weighted by Crippen LogP contribution is -2.53. The maximum absolute atomic E-state index is 12.4. The van der Waals surface area contributed by atoms with Gasteiger partial charge in [-0.3, -0.25) is 9.69 Å². The molecule has 1 aromatic carbocycles. The number of rotatable bonds is 5. The van der Waals surface area contributed by atoms with Crippen molar-refractivity contribution in [2.45, 2.75) is 31.9 Å². The van der Waals surface area contributed by atoms with E-state index in [4.69, 9.17) is 10.5 Å². The number of amides is 1. The summed E-state index contributed by atoms with van der Waals surface area (Å²) in [6.07, 6.45) is 0. The van der Waals surface area contributed by atoms with Crippen molar-refractivity contribution in [3.8, 4) is 0 Å². The molecular formula is C17H27N3O2. The Kier molecular flexibility index (Phi) is 5.21. The topological polar surface area (TPSA) is 67.6 Å². The van der Waals surface area contributed by atoms with Gasteiger partial charge in [0.05, 0.1) is 12.2 Å². The Hall–Kier alpha value is -1.43. The van der Waals surface area contributed by atoms with Gasteiger partial charge < -0.3 is 15.8 Å². The average Bonchev–Trinajstić information content (AvgIpc) is 2.47. The SMILES string of the molecule is CC1(C)CN(CCNC(=O)C(C)(N)c2ccccc2)CCO1. The number of carbonyl (C=O) groups is 1. The van der Waals surface area contributed by atoms with Crippen molar-refractivity contribution in [3.63, 3.8) is 0 Å². The number of carbonyl (C=O) groups excluding carboxylic acids is 1. The summed E-state index contributed by atoms with van der Waals surface area (Å²) in [7, 11) is 0. The Labute approximate surface area is 132 Å². The molecule has 1 aromatic rings. The molecule has 3 N–H and O–H groups in total. The average molecular weight is 305 g/mol. The van der Waals surface area contributed by atoms with E-state index in [1.807, 2.05) is 30.3 Å². The van der Waals surface area contributed by atoms with Crippen LogP contribution >= 0.6 is 0 Å². The van der Waals surface area contributed by atoms with E-state index in [-0.39, 0.29) is 11.5 Å². The van der Waals surface area contributed by atoms with Crippen molar-refractivity contribution in [3.05, 3.63) is 35.9 Å². The molecule has 5 nitrogen and oxygen atoms in total. The van der Waals surface area contributed by atoms with Crippen LogP contribution in [0.25, 0.3) is 0 Å². The minimum atomic E-state index is -1.01. The highest BCUT2D eigenvalue weighted by Gasteiger charge is 2.31. The number of hydrogen-bond donors (Lipinski definition) is 2. The Morgan fingerprint density at radius 1 is 1.41 bits per heavy atom. The van der Waals surface area contributed by atoms with Gasteiger partial charge in [-0.2, -0.15) is 0 Å². The third-order valence-corrected chi connectivity index (χ3v) is 4.06. The number of nitrogens with one attached hydrogen (secondary N) is 1.